The first-order valence-corrected chi connectivity index (χ1v) is 11.2. The van der Waals surface area contributed by atoms with Gasteiger partial charge in [0.15, 0.2) is 11.5 Å². The van der Waals surface area contributed by atoms with Gasteiger partial charge in [-0.2, -0.15) is 0 Å². The van der Waals surface area contributed by atoms with E-state index in [4.69, 9.17) is 14.2 Å². The average Bonchev–Trinajstić information content (AvgIpc) is 3.16. The standard InChI is InChI=1S/C28H26N2O6/c1-4-15-36-20-12-10-19(11-13-20)25(31)23-24(21-8-5-9-22(34-2)27(21)35-3)30(28(33)26(23)32)17-18-7-6-14-29-16-18/h4-14,16,24,31H,1,15,17H2,2-3H3/b25-23+/t24-/m0/s1. The number of methoxy groups -OCH3 is 2. The van der Waals surface area contributed by atoms with Gasteiger partial charge in [-0.05, 0) is 42.0 Å². The maximum absolute atomic E-state index is 13.3. The molecule has 3 aromatic rings. The van der Waals surface area contributed by atoms with Crippen LogP contribution in [0, 0.1) is 0 Å². The summed E-state index contributed by atoms with van der Waals surface area (Å²) < 4.78 is 16.6. The Labute approximate surface area is 209 Å². The third kappa shape index (κ3) is 4.65. The van der Waals surface area contributed by atoms with Crippen LogP contribution in [-0.4, -0.2) is 47.5 Å². The molecule has 1 aromatic heterocycles. The van der Waals surface area contributed by atoms with Gasteiger partial charge in [0.05, 0.1) is 25.8 Å². The van der Waals surface area contributed by atoms with Crippen molar-refractivity contribution in [1.29, 1.82) is 0 Å². The maximum Gasteiger partial charge on any atom is 0.295 e. The number of likely N-dealkylation sites (tertiary alicyclic amines) is 1. The van der Waals surface area contributed by atoms with Gasteiger partial charge >= 0.3 is 0 Å². The summed E-state index contributed by atoms with van der Waals surface area (Å²) in [5, 5.41) is 11.3. The van der Waals surface area contributed by atoms with Gasteiger partial charge in [0.1, 0.15) is 18.1 Å². The minimum atomic E-state index is -0.924. The summed E-state index contributed by atoms with van der Waals surface area (Å²) in [7, 11) is 2.99. The van der Waals surface area contributed by atoms with E-state index in [0.29, 0.717) is 35.0 Å². The first-order valence-electron chi connectivity index (χ1n) is 11.2. The molecule has 2 heterocycles. The van der Waals surface area contributed by atoms with Crippen LogP contribution in [0.25, 0.3) is 5.76 Å². The minimum absolute atomic E-state index is 0.0461. The summed E-state index contributed by atoms with van der Waals surface area (Å²) in [6.07, 6.45) is 4.88. The van der Waals surface area contributed by atoms with E-state index >= 15 is 0 Å². The second kappa shape index (κ2) is 10.8. The fourth-order valence-corrected chi connectivity index (χ4v) is 4.20. The fraction of sp³-hybridized carbons (Fsp3) is 0.179. The number of hydrogen-bond acceptors (Lipinski definition) is 7. The highest BCUT2D eigenvalue weighted by Gasteiger charge is 2.47. The topological polar surface area (TPSA) is 98.2 Å². The molecule has 0 saturated carbocycles. The SMILES string of the molecule is C=CCOc1ccc(/C(O)=C2\C(=O)C(=O)N(Cc3cccnc3)[C@H]2c2cccc(OC)c2OC)cc1. The van der Waals surface area contributed by atoms with Crippen molar-refractivity contribution in [3.63, 3.8) is 0 Å². The number of benzene rings is 2. The van der Waals surface area contributed by atoms with Gasteiger partial charge in [0.25, 0.3) is 11.7 Å². The maximum atomic E-state index is 13.3. The Bertz CT molecular complexity index is 1300. The average molecular weight is 487 g/mol. The molecule has 8 nitrogen and oxygen atoms in total. The van der Waals surface area contributed by atoms with Crippen LogP contribution in [0.15, 0.2) is 85.2 Å². The number of aromatic nitrogens is 1. The molecule has 0 unspecified atom stereocenters. The van der Waals surface area contributed by atoms with Gasteiger partial charge in [0, 0.05) is 30.1 Å². The smallest absolute Gasteiger partial charge is 0.295 e. The zero-order chi connectivity index (χ0) is 25.7. The van der Waals surface area contributed by atoms with Crippen molar-refractivity contribution in [2.75, 3.05) is 20.8 Å². The van der Waals surface area contributed by atoms with E-state index in [1.807, 2.05) is 6.07 Å². The van der Waals surface area contributed by atoms with Gasteiger partial charge in [-0.25, -0.2) is 0 Å². The highest BCUT2D eigenvalue weighted by molar-refractivity contribution is 6.46. The molecule has 0 spiro atoms. The number of hydrogen-bond donors (Lipinski definition) is 1. The van der Waals surface area contributed by atoms with E-state index in [2.05, 4.69) is 11.6 Å². The zero-order valence-electron chi connectivity index (χ0n) is 20.0. The van der Waals surface area contributed by atoms with Crippen LogP contribution in [0.5, 0.6) is 17.2 Å². The van der Waals surface area contributed by atoms with E-state index in [1.165, 1.54) is 19.1 Å². The van der Waals surface area contributed by atoms with Crippen LogP contribution in [0.3, 0.4) is 0 Å². The molecule has 1 aliphatic heterocycles. The van der Waals surface area contributed by atoms with Gasteiger partial charge in [-0.3, -0.25) is 14.6 Å². The molecule has 1 aliphatic rings. The van der Waals surface area contributed by atoms with E-state index in [1.54, 1.807) is 67.0 Å². The second-order valence-electron chi connectivity index (χ2n) is 8.00. The number of Topliss-reactive ketones (excluding diaryl/α,β-unsaturated/α-hetero) is 1. The van der Waals surface area contributed by atoms with Crippen molar-refractivity contribution in [3.8, 4) is 17.2 Å². The van der Waals surface area contributed by atoms with Crippen molar-refractivity contribution < 1.29 is 28.9 Å². The van der Waals surface area contributed by atoms with Crippen LogP contribution in [0.4, 0.5) is 0 Å². The number of carbonyl (C=O) groups is 2. The molecule has 0 aliphatic carbocycles. The fourth-order valence-electron chi connectivity index (χ4n) is 4.20. The van der Waals surface area contributed by atoms with Gasteiger partial charge < -0.3 is 24.2 Å². The van der Waals surface area contributed by atoms with Gasteiger partial charge in [0.2, 0.25) is 0 Å². The summed E-state index contributed by atoms with van der Waals surface area (Å²) in [6, 6.07) is 14.4. The molecular weight excluding hydrogens is 460 g/mol. The predicted octanol–water partition coefficient (Wildman–Crippen LogP) is 4.29. The Hall–Kier alpha value is -4.59. The third-order valence-electron chi connectivity index (χ3n) is 5.84. The van der Waals surface area contributed by atoms with Crippen LogP contribution in [0.2, 0.25) is 0 Å². The molecule has 1 fully saturated rings. The van der Waals surface area contributed by atoms with Crippen molar-refractivity contribution in [1.82, 2.24) is 9.88 Å². The number of ketones is 1. The van der Waals surface area contributed by atoms with E-state index in [9.17, 15) is 14.7 Å². The quantitative estimate of drug-likeness (QED) is 0.209. The minimum Gasteiger partial charge on any atom is -0.507 e. The van der Waals surface area contributed by atoms with Crippen LogP contribution >= 0.6 is 0 Å². The first-order chi connectivity index (χ1) is 17.5. The van der Waals surface area contributed by atoms with Crippen molar-refractivity contribution in [2.24, 2.45) is 0 Å². The lowest BCUT2D eigenvalue weighted by Gasteiger charge is -2.27. The molecule has 1 saturated heterocycles. The molecule has 2 aromatic carbocycles. The number of para-hydroxylation sites is 1. The number of pyridine rings is 1. The van der Waals surface area contributed by atoms with Crippen LogP contribution < -0.4 is 14.2 Å². The van der Waals surface area contributed by atoms with Gasteiger partial charge in [-0.1, -0.05) is 30.9 Å². The number of nitrogens with zero attached hydrogens (tertiary/aromatic N) is 2. The number of rotatable bonds is 9. The molecule has 184 valence electrons. The van der Waals surface area contributed by atoms with Crippen LogP contribution in [-0.2, 0) is 16.1 Å². The summed E-state index contributed by atoms with van der Waals surface area (Å²) in [5.74, 6) is -0.450. The highest BCUT2D eigenvalue weighted by Crippen LogP contribution is 2.46. The van der Waals surface area contributed by atoms with Gasteiger partial charge in [-0.15, -0.1) is 0 Å². The molecular formula is C28H26N2O6. The Kier molecular flexibility index (Phi) is 7.34. The lowest BCUT2D eigenvalue weighted by molar-refractivity contribution is -0.140. The molecule has 0 radical (unpaired) electrons. The van der Waals surface area contributed by atoms with E-state index in [0.717, 1.165) is 5.56 Å². The summed E-state index contributed by atoms with van der Waals surface area (Å²) in [4.78, 5) is 32.1. The Balaban J connectivity index is 1.87. The zero-order valence-corrected chi connectivity index (χ0v) is 20.0. The van der Waals surface area contributed by atoms with E-state index < -0.39 is 17.7 Å². The summed E-state index contributed by atoms with van der Waals surface area (Å²) >= 11 is 0. The summed E-state index contributed by atoms with van der Waals surface area (Å²) in [5.41, 5.74) is 1.56. The number of ether oxygens (including phenoxy) is 3. The second-order valence-corrected chi connectivity index (χ2v) is 8.00. The molecule has 1 amide bonds. The van der Waals surface area contributed by atoms with Crippen molar-refractivity contribution in [3.05, 3.63) is 102 Å². The normalized spacial score (nSPS) is 16.6. The molecule has 1 atom stereocenters. The van der Waals surface area contributed by atoms with Crippen molar-refractivity contribution >= 4 is 17.4 Å². The lowest BCUT2D eigenvalue weighted by atomic mass is 9.94. The largest absolute Gasteiger partial charge is 0.507 e. The van der Waals surface area contributed by atoms with Crippen LogP contribution in [0.1, 0.15) is 22.7 Å². The molecule has 36 heavy (non-hydrogen) atoms. The summed E-state index contributed by atoms with van der Waals surface area (Å²) in [6.45, 7) is 4.06. The Morgan fingerprint density at radius 1 is 1.08 bits per heavy atom. The van der Waals surface area contributed by atoms with E-state index in [-0.39, 0.29) is 17.9 Å². The monoisotopic (exact) mass is 486 g/mol. The lowest BCUT2D eigenvalue weighted by Crippen LogP contribution is -2.29. The number of carbonyl (C=O) groups excluding carboxylic acids is 2. The molecule has 1 N–H and O–H groups in total. The molecule has 0 bridgehead atoms. The highest BCUT2D eigenvalue weighted by atomic mass is 16.5. The number of aliphatic hydroxyl groups excluding tert-OH is 1. The number of amides is 1. The Morgan fingerprint density at radius 3 is 2.50 bits per heavy atom. The predicted molar refractivity (Wildman–Crippen MR) is 134 cm³/mol. The van der Waals surface area contributed by atoms with Crippen molar-refractivity contribution in [2.45, 2.75) is 12.6 Å². The Morgan fingerprint density at radius 2 is 1.86 bits per heavy atom. The third-order valence-corrected chi connectivity index (χ3v) is 5.84. The number of aliphatic hydroxyl groups is 1. The molecule has 4 rings (SSSR count). The first kappa shape index (κ1) is 24.5. The molecule has 8 heteroatoms.